The normalized spacial score (nSPS) is 14.3. The highest BCUT2D eigenvalue weighted by atomic mass is 32.2. The predicted octanol–water partition coefficient (Wildman–Crippen LogP) is 1.73. The lowest BCUT2D eigenvalue weighted by Gasteiger charge is -2.02. The van der Waals surface area contributed by atoms with Gasteiger partial charge in [-0.05, 0) is 6.92 Å². The molecule has 0 unspecified atom stereocenters. The molecule has 4 heteroatoms. The summed E-state index contributed by atoms with van der Waals surface area (Å²) in [4.78, 5) is 19.5. The Morgan fingerprint density at radius 1 is 1.38 bits per heavy atom. The molecule has 2 rings (SSSR count). The number of fused-ring (bicyclic) bond motifs is 1. The summed E-state index contributed by atoms with van der Waals surface area (Å²) >= 11 is 1.82. The largest absolute Gasteiger partial charge is 0.291 e. The molecule has 13 heavy (non-hydrogen) atoms. The Morgan fingerprint density at radius 3 is 2.85 bits per heavy atom. The molecule has 1 aliphatic heterocycles. The molecule has 0 aromatic carbocycles. The van der Waals surface area contributed by atoms with Crippen molar-refractivity contribution in [3.8, 4) is 0 Å². The number of nitrogens with zero attached hydrogens (tertiary/aromatic N) is 2. The third-order valence-corrected chi connectivity index (χ3v) is 3.07. The number of ketones is 1. The highest BCUT2D eigenvalue weighted by molar-refractivity contribution is 7.98. The molecule has 0 N–H and O–H groups in total. The Kier molecular flexibility index (Phi) is 2.07. The summed E-state index contributed by atoms with van der Waals surface area (Å²) in [7, 11) is 0. The summed E-state index contributed by atoms with van der Waals surface area (Å²) in [6, 6.07) is 0. The molecule has 3 nitrogen and oxygen atoms in total. The number of Topliss-reactive ketones (excluding diaryl/α,β-unsaturated/α-hetero) is 1. The second-order valence-electron chi connectivity index (χ2n) is 3.11. The molecule has 0 atom stereocenters. The van der Waals surface area contributed by atoms with Gasteiger partial charge in [-0.1, -0.05) is 0 Å². The van der Waals surface area contributed by atoms with Crippen molar-refractivity contribution in [2.45, 2.75) is 25.4 Å². The first-order valence-corrected chi connectivity index (χ1v) is 5.29. The van der Waals surface area contributed by atoms with E-state index in [4.69, 9.17) is 0 Å². The zero-order valence-electron chi connectivity index (χ0n) is 7.63. The lowest BCUT2D eigenvalue weighted by Crippen LogP contribution is -2.06. The Labute approximate surface area is 81.0 Å². The van der Waals surface area contributed by atoms with Gasteiger partial charge in [-0.2, -0.15) is 11.8 Å². The fraction of sp³-hybridized carbons (Fsp3) is 0.444. The van der Waals surface area contributed by atoms with E-state index in [9.17, 15) is 4.79 Å². The maximum Gasteiger partial charge on any atom is 0.196 e. The van der Waals surface area contributed by atoms with Crippen LogP contribution in [0.25, 0.3) is 0 Å². The number of aromatic nitrogens is 2. The number of carbonyl (C=O) groups excluding carboxylic acids is 1. The Morgan fingerprint density at radius 2 is 2.15 bits per heavy atom. The number of aryl methyl sites for hydroxylation is 1. The van der Waals surface area contributed by atoms with Crippen LogP contribution >= 0.6 is 11.8 Å². The molecule has 0 aliphatic carbocycles. The number of carbonyl (C=O) groups is 1. The van der Waals surface area contributed by atoms with Crippen LogP contribution in [-0.4, -0.2) is 15.8 Å². The molecule has 1 aromatic heterocycles. The average molecular weight is 194 g/mol. The van der Waals surface area contributed by atoms with Crippen LogP contribution in [0, 0.1) is 6.92 Å². The van der Waals surface area contributed by atoms with Crippen LogP contribution in [0.15, 0.2) is 0 Å². The minimum atomic E-state index is -0.0530. The number of hydrogen-bond acceptors (Lipinski definition) is 4. The highest BCUT2D eigenvalue weighted by Gasteiger charge is 2.18. The molecule has 0 bridgehead atoms. The summed E-state index contributed by atoms with van der Waals surface area (Å²) in [6.45, 7) is 3.45. The predicted molar refractivity (Wildman–Crippen MR) is 51.8 cm³/mol. The van der Waals surface area contributed by atoms with Gasteiger partial charge in [0.05, 0.1) is 5.69 Å². The van der Waals surface area contributed by atoms with Gasteiger partial charge in [0.25, 0.3) is 0 Å². The minimum Gasteiger partial charge on any atom is -0.291 e. The van der Waals surface area contributed by atoms with Crippen molar-refractivity contribution in [1.82, 2.24) is 9.97 Å². The van der Waals surface area contributed by atoms with Crippen LogP contribution in [-0.2, 0) is 11.5 Å². The van der Waals surface area contributed by atoms with E-state index in [0.29, 0.717) is 5.82 Å². The van der Waals surface area contributed by atoms with Gasteiger partial charge in [0.2, 0.25) is 0 Å². The molecule has 0 saturated carbocycles. The first-order valence-electron chi connectivity index (χ1n) is 4.13. The topological polar surface area (TPSA) is 42.9 Å². The number of rotatable bonds is 1. The Bertz CT molecular complexity index is 376. The zero-order chi connectivity index (χ0) is 9.42. The fourth-order valence-corrected chi connectivity index (χ4v) is 2.48. The van der Waals surface area contributed by atoms with Crippen LogP contribution < -0.4 is 0 Å². The van der Waals surface area contributed by atoms with Gasteiger partial charge in [-0.25, -0.2) is 9.97 Å². The molecule has 1 aliphatic rings. The maximum atomic E-state index is 11.1. The second kappa shape index (κ2) is 3.10. The molecule has 0 radical (unpaired) electrons. The Hall–Kier alpha value is -0.900. The molecule has 2 heterocycles. The number of hydrogen-bond donors (Lipinski definition) is 0. The van der Waals surface area contributed by atoms with Gasteiger partial charge in [-0.3, -0.25) is 4.79 Å². The van der Waals surface area contributed by atoms with Crippen LogP contribution in [0.3, 0.4) is 0 Å². The van der Waals surface area contributed by atoms with Crippen molar-refractivity contribution in [3.05, 3.63) is 22.8 Å². The monoisotopic (exact) mass is 194 g/mol. The maximum absolute atomic E-state index is 11.1. The first-order chi connectivity index (χ1) is 6.18. The average Bonchev–Trinajstić information content (AvgIpc) is 2.51. The van der Waals surface area contributed by atoms with Crippen LogP contribution in [0.1, 0.15) is 34.5 Å². The molecule has 0 amide bonds. The lowest BCUT2D eigenvalue weighted by molar-refractivity contribution is 0.100. The third kappa shape index (κ3) is 1.46. The van der Waals surface area contributed by atoms with Crippen LogP contribution in [0.5, 0.6) is 0 Å². The smallest absolute Gasteiger partial charge is 0.196 e. The van der Waals surface area contributed by atoms with Gasteiger partial charge >= 0.3 is 0 Å². The van der Waals surface area contributed by atoms with Crippen molar-refractivity contribution < 1.29 is 4.79 Å². The van der Waals surface area contributed by atoms with E-state index in [0.717, 1.165) is 22.9 Å². The van der Waals surface area contributed by atoms with Gasteiger partial charge in [0, 0.05) is 29.7 Å². The van der Waals surface area contributed by atoms with Crippen molar-refractivity contribution in [1.29, 1.82) is 0 Å². The van der Waals surface area contributed by atoms with E-state index in [-0.39, 0.29) is 5.78 Å². The first kappa shape index (κ1) is 8.69. The minimum absolute atomic E-state index is 0.0530. The molecule has 0 fully saturated rings. The van der Waals surface area contributed by atoms with Crippen molar-refractivity contribution in [2.75, 3.05) is 0 Å². The van der Waals surface area contributed by atoms with Crippen LogP contribution in [0.4, 0.5) is 0 Å². The fourth-order valence-electron chi connectivity index (χ4n) is 1.37. The quantitative estimate of drug-likeness (QED) is 0.639. The molecular weight excluding hydrogens is 184 g/mol. The summed E-state index contributed by atoms with van der Waals surface area (Å²) in [6.07, 6.45) is 0. The van der Waals surface area contributed by atoms with Crippen molar-refractivity contribution in [3.63, 3.8) is 0 Å². The molecule has 0 saturated heterocycles. The zero-order valence-corrected chi connectivity index (χ0v) is 8.44. The summed E-state index contributed by atoms with van der Waals surface area (Å²) < 4.78 is 0. The summed E-state index contributed by atoms with van der Waals surface area (Å²) in [5.41, 5.74) is 3.22. The van der Waals surface area contributed by atoms with Crippen LogP contribution in [0.2, 0.25) is 0 Å². The van der Waals surface area contributed by atoms with E-state index in [1.54, 1.807) is 0 Å². The van der Waals surface area contributed by atoms with E-state index in [1.165, 1.54) is 12.5 Å². The second-order valence-corrected chi connectivity index (χ2v) is 4.09. The SMILES string of the molecule is CC(=O)c1nc(C)c2c(n1)CSC2. The lowest BCUT2D eigenvalue weighted by atomic mass is 10.2. The van der Waals surface area contributed by atoms with Gasteiger partial charge in [-0.15, -0.1) is 0 Å². The highest BCUT2D eigenvalue weighted by Crippen LogP contribution is 2.29. The molecule has 0 spiro atoms. The van der Waals surface area contributed by atoms with E-state index >= 15 is 0 Å². The summed E-state index contributed by atoms with van der Waals surface area (Å²) in [5.74, 6) is 2.21. The molecular formula is C9H10N2OS. The number of thioether (sulfide) groups is 1. The molecule has 1 aromatic rings. The van der Waals surface area contributed by atoms with Crippen molar-refractivity contribution >= 4 is 17.5 Å². The molecule has 68 valence electrons. The van der Waals surface area contributed by atoms with Gasteiger partial charge in [0.15, 0.2) is 11.6 Å². The van der Waals surface area contributed by atoms with E-state index in [1.807, 2.05) is 18.7 Å². The van der Waals surface area contributed by atoms with Gasteiger partial charge < -0.3 is 0 Å². The van der Waals surface area contributed by atoms with E-state index in [2.05, 4.69) is 9.97 Å². The van der Waals surface area contributed by atoms with Crippen molar-refractivity contribution in [2.24, 2.45) is 0 Å². The summed E-state index contributed by atoms with van der Waals surface area (Å²) in [5, 5.41) is 0. The van der Waals surface area contributed by atoms with E-state index < -0.39 is 0 Å². The van der Waals surface area contributed by atoms with Gasteiger partial charge in [0.1, 0.15) is 0 Å². The third-order valence-electron chi connectivity index (χ3n) is 2.10. The standard InChI is InChI=1S/C9H10N2OS/c1-5-7-3-13-4-8(7)11-9(10-5)6(2)12/h3-4H2,1-2H3. The Balaban J connectivity index is 2.55.